The lowest BCUT2D eigenvalue weighted by atomic mass is 10.1. The molecule has 0 aliphatic carbocycles. The summed E-state index contributed by atoms with van der Waals surface area (Å²) in [6, 6.07) is 0. The van der Waals surface area contributed by atoms with Crippen LogP contribution in [-0.4, -0.2) is 41.8 Å². The van der Waals surface area contributed by atoms with Gasteiger partial charge in [-0.2, -0.15) is 11.8 Å². The normalized spacial score (nSPS) is 23.1. The van der Waals surface area contributed by atoms with Crippen LogP contribution in [0.4, 0.5) is 0 Å². The fourth-order valence-electron chi connectivity index (χ4n) is 1.55. The molecule has 0 aromatic rings. The van der Waals surface area contributed by atoms with Crippen molar-refractivity contribution in [3.05, 3.63) is 5.21 Å². The molecule has 1 unspecified atom stereocenters. The standard InChI is InChI=1S/C9H16NO3S/c1-2-8(7-11)9(12)10(13)3-5-14-6-4-10/h8H,2-7H2,1H3. The van der Waals surface area contributed by atoms with Gasteiger partial charge in [-0.25, -0.2) is 9.90 Å². The number of carbonyl (C=O) groups excluding carboxylic acids is 1. The highest BCUT2D eigenvalue weighted by Gasteiger charge is 2.34. The SMILES string of the molecule is CCC(C[O])C(=O)[N+]1([O-])CCSCC1. The molecular formula is C9H16NO3S. The van der Waals surface area contributed by atoms with Gasteiger partial charge in [0.05, 0.1) is 19.7 Å². The van der Waals surface area contributed by atoms with Crippen molar-refractivity contribution in [2.24, 2.45) is 5.92 Å². The fourth-order valence-corrected chi connectivity index (χ4v) is 2.61. The zero-order valence-corrected chi connectivity index (χ0v) is 9.22. The maximum atomic E-state index is 12.0. The lowest BCUT2D eigenvalue weighted by Crippen LogP contribution is -2.55. The van der Waals surface area contributed by atoms with Gasteiger partial charge in [0, 0.05) is 11.5 Å². The van der Waals surface area contributed by atoms with E-state index in [1.165, 1.54) is 0 Å². The first kappa shape index (κ1) is 12.0. The Morgan fingerprint density at radius 3 is 2.50 bits per heavy atom. The third-order valence-corrected chi connectivity index (χ3v) is 3.58. The van der Waals surface area contributed by atoms with Crippen LogP contribution < -0.4 is 0 Å². The molecule has 1 saturated heterocycles. The quantitative estimate of drug-likeness (QED) is 0.525. The summed E-state index contributed by atoms with van der Waals surface area (Å²) in [5.74, 6) is 0.466. The Hall–Kier alpha value is -0.100. The van der Waals surface area contributed by atoms with Gasteiger partial charge in [-0.3, -0.25) is 4.65 Å². The number of hydrogen-bond acceptors (Lipinski definition) is 3. The predicted molar refractivity (Wildman–Crippen MR) is 55.0 cm³/mol. The van der Waals surface area contributed by atoms with Crippen LogP contribution in [0.5, 0.6) is 0 Å². The molecule has 0 bridgehead atoms. The van der Waals surface area contributed by atoms with Crippen molar-refractivity contribution in [2.75, 3.05) is 31.2 Å². The van der Waals surface area contributed by atoms with Crippen LogP contribution in [0.15, 0.2) is 0 Å². The molecule has 1 aliphatic heterocycles. The minimum absolute atomic E-state index is 0.333. The van der Waals surface area contributed by atoms with Crippen molar-refractivity contribution in [1.29, 1.82) is 0 Å². The molecule has 1 heterocycles. The van der Waals surface area contributed by atoms with Crippen molar-refractivity contribution >= 4 is 17.7 Å². The van der Waals surface area contributed by atoms with E-state index < -0.39 is 23.1 Å². The van der Waals surface area contributed by atoms with Gasteiger partial charge in [0.25, 0.3) is 0 Å². The molecule has 14 heavy (non-hydrogen) atoms. The van der Waals surface area contributed by atoms with Gasteiger partial charge in [0.1, 0.15) is 5.92 Å². The Morgan fingerprint density at radius 2 is 2.07 bits per heavy atom. The summed E-state index contributed by atoms with van der Waals surface area (Å²) in [7, 11) is 0. The molecule has 5 heteroatoms. The van der Waals surface area contributed by atoms with E-state index in [-0.39, 0.29) is 0 Å². The third-order valence-electron chi connectivity index (χ3n) is 2.64. The van der Waals surface area contributed by atoms with Crippen LogP contribution in [-0.2, 0) is 9.90 Å². The summed E-state index contributed by atoms with van der Waals surface area (Å²) >= 11 is 1.70. The van der Waals surface area contributed by atoms with Crippen LogP contribution in [0, 0.1) is 11.1 Å². The molecule has 1 radical (unpaired) electrons. The first-order chi connectivity index (χ1) is 6.64. The Kier molecular flexibility index (Phi) is 4.37. The summed E-state index contributed by atoms with van der Waals surface area (Å²) in [5, 5.41) is 22.7. The fraction of sp³-hybridized carbons (Fsp3) is 0.889. The second-order valence-corrected chi connectivity index (χ2v) is 4.78. The molecule has 0 N–H and O–H groups in total. The third kappa shape index (κ3) is 2.48. The number of rotatable bonds is 3. The summed E-state index contributed by atoms with van der Waals surface area (Å²) in [6.45, 7) is 2.00. The molecule has 0 aromatic heterocycles. The van der Waals surface area contributed by atoms with Gasteiger partial charge in [-0.15, -0.1) is 0 Å². The molecule has 0 aromatic carbocycles. The number of quaternary nitrogens is 1. The number of carbonyl (C=O) groups is 1. The minimum atomic E-state index is -0.770. The zero-order valence-electron chi connectivity index (χ0n) is 8.40. The van der Waals surface area contributed by atoms with Gasteiger partial charge in [0.15, 0.2) is 0 Å². The zero-order chi connectivity index (χ0) is 10.6. The van der Waals surface area contributed by atoms with Crippen molar-refractivity contribution in [3.8, 4) is 0 Å². The van der Waals surface area contributed by atoms with Crippen LogP contribution in [0.3, 0.4) is 0 Å². The molecule has 1 rings (SSSR count). The van der Waals surface area contributed by atoms with E-state index in [2.05, 4.69) is 0 Å². The first-order valence-electron chi connectivity index (χ1n) is 4.92. The summed E-state index contributed by atoms with van der Waals surface area (Å²) < 4.78 is -0.770. The van der Waals surface area contributed by atoms with E-state index >= 15 is 0 Å². The number of thioether (sulfide) groups is 1. The lowest BCUT2D eigenvalue weighted by Gasteiger charge is -2.43. The van der Waals surface area contributed by atoms with Crippen LogP contribution in [0.25, 0.3) is 0 Å². The average Bonchev–Trinajstić information content (AvgIpc) is 2.20. The highest BCUT2D eigenvalue weighted by molar-refractivity contribution is 7.99. The average molecular weight is 218 g/mol. The van der Waals surface area contributed by atoms with Gasteiger partial charge >= 0.3 is 5.91 Å². The van der Waals surface area contributed by atoms with E-state index in [1.54, 1.807) is 18.7 Å². The Bertz CT molecular complexity index is 200. The number of hydroxylamine groups is 3. The van der Waals surface area contributed by atoms with Crippen LogP contribution in [0.1, 0.15) is 13.3 Å². The molecule has 1 amide bonds. The summed E-state index contributed by atoms with van der Waals surface area (Å²) in [5.41, 5.74) is 0. The molecule has 0 spiro atoms. The van der Waals surface area contributed by atoms with Crippen LogP contribution in [0.2, 0.25) is 0 Å². The highest BCUT2D eigenvalue weighted by Crippen LogP contribution is 2.21. The number of nitrogens with zero attached hydrogens (tertiary/aromatic N) is 1. The second-order valence-electron chi connectivity index (χ2n) is 3.56. The summed E-state index contributed by atoms with van der Waals surface area (Å²) in [6.07, 6.45) is 0.484. The smallest absolute Gasteiger partial charge is 0.319 e. The van der Waals surface area contributed by atoms with E-state index in [0.29, 0.717) is 19.5 Å². The Balaban J connectivity index is 2.64. The molecule has 1 atom stereocenters. The molecule has 1 aliphatic rings. The van der Waals surface area contributed by atoms with Gasteiger partial charge in [-0.1, -0.05) is 6.92 Å². The van der Waals surface area contributed by atoms with Gasteiger partial charge in [-0.05, 0) is 6.42 Å². The number of amides is 1. The topological polar surface area (TPSA) is 60.0 Å². The van der Waals surface area contributed by atoms with Gasteiger partial charge in [0.2, 0.25) is 0 Å². The lowest BCUT2D eigenvalue weighted by molar-refractivity contribution is -0.802. The maximum absolute atomic E-state index is 12.0. The van der Waals surface area contributed by atoms with E-state index in [0.717, 1.165) is 11.5 Å². The monoisotopic (exact) mass is 218 g/mol. The maximum Gasteiger partial charge on any atom is 0.319 e. The summed E-state index contributed by atoms with van der Waals surface area (Å²) in [4.78, 5) is 11.7. The van der Waals surface area contributed by atoms with E-state index in [9.17, 15) is 15.1 Å². The largest absolute Gasteiger partial charge is 0.625 e. The Morgan fingerprint density at radius 1 is 1.50 bits per heavy atom. The van der Waals surface area contributed by atoms with E-state index in [1.807, 2.05) is 0 Å². The molecular weight excluding hydrogens is 202 g/mol. The van der Waals surface area contributed by atoms with Crippen molar-refractivity contribution < 1.29 is 14.5 Å². The van der Waals surface area contributed by atoms with Crippen molar-refractivity contribution in [1.82, 2.24) is 0 Å². The molecule has 4 nitrogen and oxygen atoms in total. The molecule has 0 saturated carbocycles. The molecule has 81 valence electrons. The van der Waals surface area contributed by atoms with Crippen molar-refractivity contribution in [3.63, 3.8) is 0 Å². The first-order valence-corrected chi connectivity index (χ1v) is 6.08. The molecule has 1 fully saturated rings. The number of hydrogen-bond donors (Lipinski definition) is 0. The van der Waals surface area contributed by atoms with Crippen LogP contribution >= 0.6 is 11.8 Å². The van der Waals surface area contributed by atoms with Gasteiger partial charge < -0.3 is 5.21 Å². The highest BCUT2D eigenvalue weighted by atomic mass is 32.2. The predicted octanol–water partition coefficient (Wildman–Crippen LogP) is 1.03. The van der Waals surface area contributed by atoms with Crippen molar-refractivity contribution in [2.45, 2.75) is 13.3 Å². The Labute approximate surface area is 88.4 Å². The second kappa shape index (κ2) is 5.11. The minimum Gasteiger partial charge on any atom is -0.625 e. The van der Waals surface area contributed by atoms with E-state index in [4.69, 9.17) is 0 Å².